The molecule has 2 aliphatic rings. The Hall–Kier alpha value is -2.22. The molecule has 0 spiro atoms. The first-order chi connectivity index (χ1) is 13.9. The summed E-state index contributed by atoms with van der Waals surface area (Å²) < 4.78 is 32.7. The van der Waals surface area contributed by atoms with Crippen LogP contribution in [0.15, 0.2) is 41.3 Å². The highest BCUT2D eigenvalue weighted by Gasteiger charge is 2.28. The maximum absolute atomic E-state index is 13.0. The number of hydrogen-bond donors (Lipinski definition) is 1. The molecule has 7 heteroatoms. The van der Waals surface area contributed by atoms with E-state index in [2.05, 4.69) is 17.4 Å². The van der Waals surface area contributed by atoms with E-state index in [1.807, 2.05) is 6.07 Å². The zero-order chi connectivity index (χ0) is 20.4. The minimum Gasteiger partial charge on any atom is -0.379 e. The first kappa shape index (κ1) is 20.1. The molecule has 0 aromatic heterocycles. The van der Waals surface area contributed by atoms with E-state index in [0.717, 1.165) is 18.4 Å². The molecule has 2 aromatic rings. The van der Waals surface area contributed by atoms with Gasteiger partial charge in [0.15, 0.2) is 0 Å². The van der Waals surface area contributed by atoms with Gasteiger partial charge in [0.1, 0.15) is 0 Å². The second-order valence-electron chi connectivity index (χ2n) is 7.68. The number of aryl methyl sites for hydroxylation is 3. The highest BCUT2D eigenvalue weighted by molar-refractivity contribution is 7.89. The van der Waals surface area contributed by atoms with E-state index in [1.54, 1.807) is 25.1 Å². The zero-order valence-electron chi connectivity index (χ0n) is 16.6. The zero-order valence-corrected chi connectivity index (χ0v) is 17.4. The van der Waals surface area contributed by atoms with Crippen molar-refractivity contribution in [2.24, 2.45) is 0 Å². The molecule has 0 bridgehead atoms. The Balaban J connectivity index is 1.49. The van der Waals surface area contributed by atoms with Gasteiger partial charge in [0, 0.05) is 18.8 Å². The molecule has 1 N–H and O–H groups in total. The number of benzene rings is 2. The molecule has 1 fully saturated rings. The summed E-state index contributed by atoms with van der Waals surface area (Å²) in [7, 11) is -3.61. The molecular formula is C22H26N2O4S. The van der Waals surface area contributed by atoms with Crippen molar-refractivity contribution in [1.82, 2.24) is 4.31 Å². The summed E-state index contributed by atoms with van der Waals surface area (Å²) in [6, 6.07) is 11.3. The van der Waals surface area contributed by atoms with Crippen molar-refractivity contribution in [3.8, 4) is 0 Å². The van der Waals surface area contributed by atoms with E-state index >= 15 is 0 Å². The summed E-state index contributed by atoms with van der Waals surface area (Å²) >= 11 is 0. The number of nitrogens with one attached hydrogen (secondary N) is 1. The molecule has 1 aliphatic heterocycles. The first-order valence-corrected chi connectivity index (χ1v) is 11.5. The summed E-state index contributed by atoms with van der Waals surface area (Å²) in [5.41, 5.74) is 4.85. The van der Waals surface area contributed by atoms with Gasteiger partial charge in [-0.2, -0.15) is 4.31 Å². The third kappa shape index (κ3) is 4.37. The normalized spacial score (nSPS) is 17.1. The number of hydrogen-bond acceptors (Lipinski definition) is 4. The average Bonchev–Trinajstić information content (AvgIpc) is 3.18. The van der Waals surface area contributed by atoms with Crippen molar-refractivity contribution in [3.05, 3.63) is 58.7 Å². The van der Waals surface area contributed by atoms with E-state index < -0.39 is 10.0 Å². The molecule has 154 valence electrons. The lowest BCUT2D eigenvalue weighted by molar-refractivity contribution is -0.115. The van der Waals surface area contributed by atoms with E-state index in [0.29, 0.717) is 37.6 Å². The molecule has 1 aliphatic carbocycles. The number of anilines is 1. The summed E-state index contributed by atoms with van der Waals surface area (Å²) in [6.07, 6.45) is 3.64. The van der Waals surface area contributed by atoms with E-state index in [9.17, 15) is 13.2 Å². The summed E-state index contributed by atoms with van der Waals surface area (Å²) in [4.78, 5) is 12.8. The van der Waals surface area contributed by atoms with Crippen LogP contribution in [-0.4, -0.2) is 44.9 Å². The van der Waals surface area contributed by atoms with Gasteiger partial charge >= 0.3 is 0 Å². The molecule has 1 heterocycles. The Kier molecular flexibility index (Phi) is 5.72. The smallest absolute Gasteiger partial charge is 0.243 e. The van der Waals surface area contributed by atoms with Gasteiger partial charge in [-0.15, -0.1) is 0 Å². The van der Waals surface area contributed by atoms with Gasteiger partial charge in [-0.25, -0.2) is 8.42 Å². The van der Waals surface area contributed by atoms with Crippen LogP contribution in [0.2, 0.25) is 0 Å². The van der Waals surface area contributed by atoms with Crippen LogP contribution in [0.1, 0.15) is 28.7 Å². The Morgan fingerprint density at radius 1 is 1.07 bits per heavy atom. The van der Waals surface area contributed by atoms with Crippen molar-refractivity contribution in [2.45, 2.75) is 37.5 Å². The predicted molar refractivity (Wildman–Crippen MR) is 112 cm³/mol. The number of morpholine rings is 1. The largest absolute Gasteiger partial charge is 0.379 e. The fourth-order valence-corrected chi connectivity index (χ4v) is 5.67. The summed E-state index contributed by atoms with van der Waals surface area (Å²) in [5, 5.41) is 2.85. The Labute approximate surface area is 171 Å². The van der Waals surface area contributed by atoms with Crippen LogP contribution in [0.4, 0.5) is 5.69 Å². The number of amides is 1. The number of ether oxygens (including phenoxy) is 1. The van der Waals surface area contributed by atoms with Gasteiger partial charge in [0.2, 0.25) is 15.9 Å². The van der Waals surface area contributed by atoms with Gasteiger partial charge < -0.3 is 10.1 Å². The SMILES string of the molecule is Cc1ccc(NC(=O)Cc2ccc3c(c2)CCC3)cc1S(=O)(=O)N1CCOCC1. The fourth-order valence-electron chi connectivity index (χ4n) is 4.01. The maximum atomic E-state index is 13.0. The van der Waals surface area contributed by atoms with Gasteiger partial charge in [-0.05, 0) is 60.6 Å². The molecule has 0 atom stereocenters. The second kappa shape index (κ2) is 8.26. The van der Waals surface area contributed by atoms with Gasteiger partial charge in [0.05, 0.1) is 24.5 Å². The predicted octanol–water partition coefficient (Wildman–Crippen LogP) is 2.69. The van der Waals surface area contributed by atoms with Crippen molar-refractivity contribution in [3.63, 3.8) is 0 Å². The summed E-state index contributed by atoms with van der Waals surface area (Å²) in [6.45, 7) is 3.25. The highest BCUT2D eigenvalue weighted by atomic mass is 32.2. The van der Waals surface area contributed by atoms with Crippen LogP contribution in [0.5, 0.6) is 0 Å². The molecule has 0 unspecified atom stereocenters. The molecule has 6 nitrogen and oxygen atoms in total. The first-order valence-electron chi connectivity index (χ1n) is 10.0. The van der Waals surface area contributed by atoms with Crippen LogP contribution in [0.3, 0.4) is 0 Å². The van der Waals surface area contributed by atoms with Crippen LogP contribution >= 0.6 is 0 Å². The molecule has 0 radical (unpaired) electrons. The number of carbonyl (C=O) groups is 1. The number of nitrogens with zero attached hydrogens (tertiary/aromatic N) is 1. The quantitative estimate of drug-likeness (QED) is 0.816. The lowest BCUT2D eigenvalue weighted by Crippen LogP contribution is -2.40. The van der Waals surface area contributed by atoms with Crippen molar-refractivity contribution in [1.29, 1.82) is 0 Å². The van der Waals surface area contributed by atoms with Crippen molar-refractivity contribution < 1.29 is 17.9 Å². The minimum atomic E-state index is -3.61. The lowest BCUT2D eigenvalue weighted by atomic mass is 10.0. The number of fused-ring (bicyclic) bond motifs is 1. The molecule has 0 saturated carbocycles. The molecule has 1 amide bonds. The fraction of sp³-hybridized carbons (Fsp3) is 0.409. The van der Waals surface area contributed by atoms with Gasteiger partial charge in [-0.3, -0.25) is 4.79 Å². The van der Waals surface area contributed by atoms with E-state index in [1.165, 1.54) is 21.9 Å². The van der Waals surface area contributed by atoms with Crippen molar-refractivity contribution in [2.75, 3.05) is 31.6 Å². The molecule has 2 aromatic carbocycles. The van der Waals surface area contributed by atoms with E-state index in [-0.39, 0.29) is 17.2 Å². The molecule has 4 rings (SSSR count). The molecule has 29 heavy (non-hydrogen) atoms. The minimum absolute atomic E-state index is 0.151. The van der Waals surface area contributed by atoms with Crippen LogP contribution in [0.25, 0.3) is 0 Å². The lowest BCUT2D eigenvalue weighted by Gasteiger charge is -2.26. The monoisotopic (exact) mass is 414 g/mol. The maximum Gasteiger partial charge on any atom is 0.243 e. The Bertz CT molecular complexity index is 1030. The van der Waals surface area contributed by atoms with Crippen LogP contribution in [0, 0.1) is 6.92 Å². The van der Waals surface area contributed by atoms with Crippen LogP contribution < -0.4 is 5.32 Å². The molecular weight excluding hydrogens is 388 g/mol. The Morgan fingerprint density at radius 2 is 1.83 bits per heavy atom. The molecule has 1 saturated heterocycles. The van der Waals surface area contributed by atoms with Gasteiger partial charge in [-0.1, -0.05) is 24.3 Å². The topological polar surface area (TPSA) is 75.7 Å². The van der Waals surface area contributed by atoms with Gasteiger partial charge in [0.25, 0.3) is 0 Å². The highest BCUT2D eigenvalue weighted by Crippen LogP contribution is 2.25. The van der Waals surface area contributed by atoms with Crippen LogP contribution in [-0.2, 0) is 38.8 Å². The average molecular weight is 415 g/mol. The third-order valence-corrected chi connectivity index (χ3v) is 7.63. The number of sulfonamides is 1. The summed E-state index contributed by atoms with van der Waals surface area (Å²) in [5.74, 6) is -0.151. The standard InChI is InChI=1S/C22H26N2O4S/c1-16-5-8-20(15-21(16)29(26,27)24-9-11-28-12-10-24)23-22(25)14-17-6-7-18-3-2-4-19(18)13-17/h5-8,13,15H,2-4,9-12,14H2,1H3,(H,23,25). The number of carbonyl (C=O) groups excluding carboxylic acids is 1. The van der Waals surface area contributed by atoms with Crippen molar-refractivity contribution >= 4 is 21.6 Å². The Morgan fingerprint density at radius 3 is 2.62 bits per heavy atom. The number of rotatable bonds is 5. The third-order valence-electron chi connectivity index (χ3n) is 5.59. The van der Waals surface area contributed by atoms with E-state index in [4.69, 9.17) is 4.74 Å². The second-order valence-corrected chi connectivity index (χ2v) is 9.58.